The fraction of sp³-hybridized carbons (Fsp3) is 0.0833. The molecule has 2 heterocycles. The summed E-state index contributed by atoms with van der Waals surface area (Å²) in [6.45, 7) is 1.62. The van der Waals surface area contributed by atoms with Gasteiger partial charge in [-0.05, 0) is 73.0 Å². The minimum absolute atomic E-state index is 0.283. The summed E-state index contributed by atoms with van der Waals surface area (Å²) in [5, 5.41) is 10.7. The monoisotopic (exact) mass is 449 g/mol. The van der Waals surface area contributed by atoms with Crippen molar-refractivity contribution in [2.75, 3.05) is 4.72 Å². The number of hydrogen-bond donors (Lipinski definition) is 2. The van der Waals surface area contributed by atoms with E-state index in [0.717, 1.165) is 32.5 Å². The van der Waals surface area contributed by atoms with E-state index in [1.165, 1.54) is 24.1 Å². The highest BCUT2D eigenvalue weighted by molar-refractivity contribution is 8.00. The number of nitrogens with zero attached hydrogens (tertiary/aromatic N) is 2. The smallest absolute Gasteiger partial charge is 0.152 e. The SMILES string of the molecule is CC(O)C#Cc1ccnc2ccc(-c3cnc(Cl)c(NSc4ccc(F)cc4)c3)cc12. The number of aliphatic hydroxyl groups excluding tert-OH is 1. The molecule has 0 aliphatic heterocycles. The van der Waals surface area contributed by atoms with Crippen LogP contribution in [0, 0.1) is 17.7 Å². The number of nitrogens with one attached hydrogen (secondary N) is 1. The van der Waals surface area contributed by atoms with Crippen molar-refractivity contribution in [1.82, 2.24) is 9.97 Å². The molecule has 0 saturated heterocycles. The fourth-order valence-corrected chi connectivity index (χ4v) is 3.77. The topological polar surface area (TPSA) is 58.0 Å². The summed E-state index contributed by atoms with van der Waals surface area (Å²) in [6.07, 6.45) is 2.69. The van der Waals surface area contributed by atoms with Gasteiger partial charge in [0, 0.05) is 33.8 Å². The molecule has 1 unspecified atom stereocenters. The highest BCUT2D eigenvalue weighted by Gasteiger charge is 2.09. The van der Waals surface area contributed by atoms with Crippen LogP contribution < -0.4 is 4.72 Å². The summed E-state index contributed by atoms with van der Waals surface area (Å²) in [5.74, 6) is 5.50. The number of aromatic nitrogens is 2. The minimum atomic E-state index is -0.709. The summed E-state index contributed by atoms with van der Waals surface area (Å²) in [6, 6.07) is 15.8. The van der Waals surface area contributed by atoms with Gasteiger partial charge in [-0.15, -0.1) is 0 Å². The maximum Gasteiger partial charge on any atom is 0.152 e. The van der Waals surface area contributed by atoms with Crippen LogP contribution in [0.1, 0.15) is 12.5 Å². The van der Waals surface area contributed by atoms with Gasteiger partial charge in [0.15, 0.2) is 5.15 Å². The second-order valence-electron chi connectivity index (χ2n) is 6.76. The van der Waals surface area contributed by atoms with E-state index >= 15 is 0 Å². The van der Waals surface area contributed by atoms with Crippen LogP contribution in [0.25, 0.3) is 22.0 Å². The molecule has 1 atom stereocenters. The van der Waals surface area contributed by atoms with Crippen molar-refractivity contribution in [2.24, 2.45) is 0 Å². The summed E-state index contributed by atoms with van der Waals surface area (Å²) in [4.78, 5) is 9.54. The van der Waals surface area contributed by atoms with Gasteiger partial charge in [0.05, 0.1) is 11.2 Å². The fourth-order valence-electron chi connectivity index (χ4n) is 2.91. The number of benzene rings is 2. The standard InChI is InChI=1S/C24H17ClFN3OS/c1-15(30)2-3-16-10-11-27-22-9-4-17(12-21(16)22)18-13-23(24(25)28-14-18)29-31-20-7-5-19(26)6-8-20/h4-15,29-30H,1H3. The number of fused-ring (bicyclic) bond motifs is 1. The van der Waals surface area contributed by atoms with Crippen LogP contribution >= 0.6 is 23.5 Å². The number of aliphatic hydroxyl groups is 1. The van der Waals surface area contributed by atoms with E-state index in [9.17, 15) is 9.50 Å². The van der Waals surface area contributed by atoms with Gasteiger partial charge in [-0.25, -0.2) is 9.37 Å². The van der Waals surface area contributed by atoms with E-state index < -0.39 is 6.10 Å². The maximum atomic E-state index is 13.1. The number of halogens is 2. The first-order valence-corrected chi connectivity index (χ1v) is 10.6. The molecule has 2 N–H and O–H groups in total. The molecule has 4 rings (SSSR count). The summed E-state index contributed by atoms with van der Waals surface area (Å²) < 4.78 is 16.3. The Morgan fingerprint density at radius 1 is 1.06 bits per heavy atom. The number of rotatable bonds is 4. The van der Waals surface area contributed by atoms with Crippen LogP contribution in [0.3, 0.4) is 0 Å². The van der Waals surface area contributed by atoms with Crippen LogP contribution in [0.2, 0.25) is 5.15 Å². The molecule has 0 spiro atoms. The first kappa shape index (κ1) is 21.1. The molecule has 0 aliphatic carbocycles. The summed E-state index contributed by atoms with van der Waals surface area (Å²) in [7, 11) is 0. The second-order valence-corrected chi connectivity index (χ2v) is 7.99. The Balaban J connectivity index is 1.66. The molecule has 0 aliphatic rings. The van der Waals surface area contributed by atoms with Gasteiger partial charge in [0.25, 0.3) is 0 Å². The van der Waals surface area contributed by atoms with E-state index in [1.54, 1.807) is 31.5 Å². The van der Waals surface area contributed by atoms with E-state index in [0.29, 0.717) is 10.8 Å². The Bertz CT molecular complexity index is 1300. The lowest BCUT2D eigenvalue weighted by molar-refractivity contribution is 0.253. The minimum Gasteiger partial charge on any atom is -0.381 e. The molecule has 0 amide bonds. The molecular formula is C24H17ClFN3OS. The molecule has 31 heavy (non-hydrogen) atoms. The number of hydrogen-bond acceptors (Lipinski definition) is 5. The van der Waals surface area contributed by atoms with Crippen molar-refractivity contribution in [3.05, 3.63) is 83.5 Å². The predicted octanol–water partition coefficient (Wildman–Crippen LogP) is 5.94. The summed E-state index contributed by atoms with van der Waals surface area (Å²) >= 11 is 7.59. The zero-order chi connectivity index (χ0) is 21.8. The molecule has 4 aromatic rings. The van der Waals surface area contributed by atoms with Crippen LogP contribution in [0.5, 0.6) is 0 Å². The predicted molar refractivity (Wildman–Crippen MR) is 124 cm³/mol. The van der Waals surface area contributed by atoms with Gasteiger partial charge < -0.3 is 9.83 Å². The number of anilines is 1. The van der Waals surface area contributed by atoms with Crippen molar-refractivity contribution in [2.45, 2.75) is 17.9 Å². The van der Waals surface area contributed by atoms with E-state index in [4.69, 9.17) is 11.6 Å². The van der Waals surface area contributed by atoms with Crippen molar-refractivity contribution in [3.63, 3.8) is 0 Å². The highest BCUT2D eigenvalue weighted by Crippen LogP contribution is 2.32. The second kappa shape index (κ2) is 9.36. The number of pyridine rings is 2. The van der Waals surface area contributed by atoms with Crippen molar-refractivity contribution in [1.29, 1.82) is 0 Å². The summed E-state index contributed by atoms with van der Waals surface area (Å²) in [5.41, 5.74) is 4.05. The Hall–Kier alpha value is -3.11. The Morgan fingerprint density at radius 3 is 2.65 bits per heavy atom. The van der Waals surface area contributed by atoms with E-state index in [-0.39, 0.29) is 5.82 Å². The zero-order valence-corrected chi connectivity index (χ0v) is 18.0. The molecular weight excluding hydrogens is 433 g/mol. The first-order valence-electron chi connectivity index (χ1n) is 9.42. The van der Waals surface area contributed by atoms with Gasteiger partial charge in [0.1, 0.15) is 11.9 Å². The lowest BCUT2D eigenvalue weighted by atomic mass is 10.0. The quantitative estimate of drug-likeness (QED) is 0.229. The van der Waals surface area contributed by atoms with Crippen LogP contribution in [0.4, 0.5) is 10.1 Å². The zero-order valence-electron chi connectivity index (χ0n) is 16.4. The van der Waals surface area contributed by atoms with E-state index in [1.807, 2.05) is 30.3 Å². The van der Waals surface area contributed by atoms with Gasteiger partial charge in [-0.3, -0.25) is 4.98 Å². The molecule has 4 nitrogen and oxygen atoms in total. The van der Waals surface area contributed by atoms with Crippen molar-refractivity contribution < 1.29 is 9.50 Å². The van der Waals surface area contributed by atoms with Gasteiger partial charge in [-0.1, -0.05) is 29.5 Å². The average Bonchev–Trinajstić information content (AvgIpc) is 2.78. The first-order chi connectivity index (χ1) is 15.0. The average molecular weight is 450 g/mol. The third-order valence-corrected chi connectivity index (χ3v) is 5.55. The van der Waals surface area contributed by atoms with E-state index in [2.05, 4.69) is 26.5 Å². The largest absolute Gasteiger partial charge is 0.381 e. The van der Waals surface area contributed by atoms with Crippen molar-refractivity contribution in [3.8, 4) is 23.0 Å². The molecule has 2 aromatic heterocycles. The Morgan fingerprint density at radius 2 is 1.87 bits per heavy atom. The molecule has 0 bridgehead atoms. The molecule has 0 saturated carbocycles. The molecule has 7 heteroatoms. The molecule has 0 fully saturated rings. The van der Waals surface area contributed by atoms with Crippen LogP contribution in [0.15, 0.2) is 71.9 Å². The Labute approximate surface area is 188 Å². The lowest BCUT2D eigenvalue weighted by Crippen LogP contribution is -1.94. The third kappa shape index (κ3) is 5.15. The molecule has 2 aromatic carbocycles. The van der Waals surface area contributed by atoms with Gasteiger partial charge in [0.2, 0.25) is 0 Å². The third-order valence-electron chi connectivity index (χ3n) is 4.42. The maximum absolute atomic E-state index is 13.1. The van der Waals surface area contributed by atoms with Crippen LogP contribution in [-0.4, -0.2) is 21.2 Å². The van der Waals surface area contributed by atoms with Gasteiger partial charge in [-0.2, -0.15) is 0 Å². The lowest BCUT2D eigenvalue weighted by Gasteiger charge is -2.10. The molecule has 0 radical (unpaired) electrons. The van der Waals surface area contributed by atoms with Crippen molar-refractivity contribution >= 4 is 40.1 Å². The van der Waals surface area contributed by atoms with Gasteiger partial charge >= 0.3 is 0 Å². The normalized spacial score (nSPS) is 11.6. The molecule has 154 valence electrons. The van der Waals surface area contributed by atoms with Crippen LogP contribution in [-0.2, 0) is 0 Å². The Kier molecular flexibility index (Phi) is 6.38. The highest BCUT2D eigenvalue weighted by atomic mass is 35.5.